The van der Waals surface area contributed by atoms with E-state index < -0.39 is 0 Å². The molecule has 13 heavy (non-hydrogen) atoms. The van der Waals surface area contributed by atoms with Crippen molar-refractivity contribution < 1.29 is 9.84 Å². The quantitative estimate of drug-likeness (QED) is 0.763. The Morgan fingerprint density at radius 2 is 2.54 bits per heavy atom. The van der Waals surface area contributed by atoms with E-state index in [9.17, 15) is 0 Å². The van der Waals surface area contributed by atoms with Gasteiger partial charge in [0.2, 0.25) is 5.88 Å². The summed E-state index contributed by atoms with van der Waals surface area (Å²) >= 11 is 1.45. The summed E-state index contributed by atoms with van der Waals surface area (Å²) in [6, 6.07) is 1.94. The molecule has 0 aromatic carbocycles. The van der Waals surface area contributed by atoms with E-state index in [-0.39, 0.29) is 6.10 Å². The smallest absolute Gasteiger partial charge is 0.225 e. The van der Waals surface area contributed by atoms with Crippen LogP contribution in [-0.4, -0.2) is 40.7 Å². The number of nitrogens with zero attached hydrogens (tertiary/aromatic N) is 2. The van der Waals surface area contributed by atoms with Gasteiger partial charge in [-0.05, 0) is 11.5 Å². The summed E-state index contributed by atoms with van der Waals surface area (Å²) in [5.74, 6) is 0.682. The number of β-amino-alcohol motifs (C(OH)–C–C–N with tert-alkyl or cyclic N) is 1. The summed E-state index contributed by atoms with van der Waals surface area (Å²) in [5, 5.41) is 9.07. The predicted molar refractivity (Wildman–Crippen MR) is 49.9 cm³/mol. The van der Waals surface area contributed by atoms with Crippen molar-refractivity contribution in [2.24, 2.45) is 0 Å². The number of aromatic nitrogens is 1. The predicted octanol–water partition coefficient (Wildman–Crippen LogP) is 0.328. The molecule has 1 N–H and O–H groups in total. The van der Waals surface area contributed by atoms with E-state index in [2.05, 4.69) is 9.27 Å². The first kappa shape index (κ1) is 8.93. The average Bonchev–Trinajstić information content (AvgIpc) is 2.50. The largest absolute Gasteiger partial charge is 0.480 e. The molecule has 72 valence electrons. The van der Waals surface area contributed by atoms with Gasteiger partial charge in [-0.15, -0.1) is 0 Å². The van der Waals surface area contributed by atoms with Gasteiger partial charge in [-0.2, -0.15) is 4.37 Å². The van der Waals surface area contributed by atoms with Gasteiger partial charge < -0.3 is 9.84 Å². The van der Waals surface area contributed by atoms with Gasteiger partial charge in [0.25, 0.3) is 0 Å². The normalized spacial score (nSPS) is 18.6. The molecule has 1 aromatic rings. The maximum Gasteiger partial charge on any atom is 0.225 e. The Kier molecular flexibility index (Phi) is 2.48. The Balaban J connectivity index is 1.87. The molecule has 0 amide bonds. The molecule has 1 aliphatic rings. The zero-order chi connectivity index (χ0) is 9.26. The van der Waals surface area contributed by atoms with E-state index in [1.807, 2.05) is 6.07 Å². The highest BCUT2D eigenvalue weighted by molar-refractivity contribution is 7.05. The van der Waals surface area contributed by atoms with E-state index >= 15 is 0 Å². The maximum absolute atomic E-state index is 9.07. The third-order valence-electron chi connectivity index (χ3n) is 2.06. The number of rotatable bonds is 3. The summed E-state index contributed by atoms with van der Waals surface area (Å²) in [6.45, 7) is 2.43. The van der Waals surface area contributed by atoms with Gasteiger partial charge >= 0.3 is 0 Å². The molecule has 2 heterocycles. The molecular formula is C8H12N2O2S. The molecule has 1 aliphatic heterocycles. The molecule has 0 aliphatic carbocycles. The minimum atomic E-state index is -0.130. The number of ether oxygens (including phenoxy) is 1. The summed E-state index contributed by atoms with van der Waals surface area (Å²) in [5.41, 5.74) is 0. The fourth-order valence-corrected chi connectivity index (χ4v) is 2.09. The SMILES string of the molecule is COc1cc(CN2CC(O)C2)sn1. The lowest BCUT2D eigenvalue weighted by atomic mass is 10.2. The van der Waals surface area contributed by atoms with Gasteiger partial charge in [0.15, 0.2) is 0 Å². The zero-order valence-electron chi connectivity index (χ0n) is 7.43. The first-order chi connectivity index (χ1) is 6.28. The van der Waals surface area contributed by atoms with Crippen LogP contribution in [0, 0.1) is 0 Å². The molecule has 0 atom stereocenters. The maximum atomic E-state index is 9.07. The molecule has 2 rings (SSSR count). The van der Waals surface area contributed by atoms with E-state index in [1.54, 1.807) is 7.11 Å². The monoisotopic (exact) mass is 200 g/mol. The number of hydrogen-bond donors (Lipinski definition) is 1. The van der Waals surface area contributed by atoms with Crippen LogP contribution in [0.15, 0.2) is 6.07 Å². The van der Waals surface area contributed by atoms with E-state index in [0.29, 0.717) is 5.88 Å². The van der Waals surface area contributed by atoms with Gasteiger partial charge in [-0.3, -0.25) is 4.90 Å². The number of hydrogen-bond acceptors (Lipinski definition) is 5. The van der Waals surface area contributed by atoms with Gasteiger partial charge in [0.1, 0.15) is 0 Å². The molecule has 0 spiro atoms. The van der Waals surface area contributed by atoms with E-state index in [1.165, 1.54) is 16.4 Å². The van der Waals surface area contributed by atoms with Crippen LogP contribution in [0.2, 0.25) is 0 Å². The second-order valence-corrected chi connectivity index (χ2v) is 4.07. The van der Waals surface area contributed by atoms with Crippen LogP contribution in [0.4, 0.5) is 0 Å². The highest BCUT2D eigenvalue weighted by atomic mass is 32.1. The second-order valence-electron chi connectivity index (χ2n) is 3.18. The van der Waals surface area contributed by atoms with Crippen molar-refractivity contribution in [3.05, 3.63) is 10.9 Å². The first-order valence-electron chi connectivity index (χ1n) is 4.18. The van der Waals surface area contributed by atoms with Crippen molar-refractivity contribution in [3.8, 4) is 5.88 Å². The summed E-state index contributed by atoms with van der Waals surface area (Å²) < 4.78 is 9.08. The molecule has 0 unspecified atom stereocenters. The summed E-state index contributed by atoms with van der Waals surface area (Å²) in [7, 11) is 1.62. The Bertz CT molecular complexity index is 283. The van der Waals surface area contributed by atoms with Crippen molar-refractivity contribution in [1.82, 2.24) is 9.27 Å². The van der Waals surface area contributed by atoms with Crippen molar-refractivity contribution in [1.29, 1.82) is 0 Å². The summed E-state index contributed by atoms with van der Waals surface area (Å²) in [6.07, 6.45) is -0.130. The number of aliphatic hydroxyl groups excluding tert-OH is 1. The van der Waals surface area contributed by atoms with E-state index in [0.717, 1.165) is 19.6 Å². The van der Waals surface area contributed by atoms with Crippen LogP contribution in [0.1, 0.15) is 4.88 Å². The number of likely N-dealkylation sites (tertiary alicyclic amines) is 1. The Labute approximate surface area is 80.9 Å². The molecule has 0 radical (unpaired) electrons. The standard InChI is InChI=1S/C8H12N2O2S/c1-12-8-2-7(13-9-8)5-10-3-6(11)4-10/h2,6,11H,3-5H2,1H3. The van der Waals surface area contributed by atoms with Gasteiger partial charge in [-0.1, -0.05) is 0 Å². The van der Waals surface area contributed by atoms with Crippen LogP contribution in [-0.2, 0) is 6.54 Å². The van der Waals surface area contributed by atoms with Crippen LogP contribution >= 0.6 is 11.5 Å². The third kappa shape index (κ3) is 1.99. The highest BCUT2D eigenvalue weighted by Crippen LogP contribution is 2.20. The highest BCUT2D eigenvalue weighted by Gasteiger charge is 2.24. The second kappa shape index (κ2) is 3.61. The average molecular weight is 200 g/mol. The number of methoxy groups -OCH3 is 1. The van der Waals surface area contributed by atoms with Crippen molar-refractivity contribution in [2.45, 2.75) is 12.6 Å². The lowest BCUT2D eigenvalue weighted by Gasteiger charge is -2.35. The molecular weight excluding hydrogens is 188 g/mol. The Morgan fingerprint density at radius 3 is 3.08 bits per heavy atom. The minimum Gasteiger partial charge on any atom is -0.480 e. The molecule has 4 nitrogen and oxygen atoms in total. The lowest BCUT2D eigenvalue weighted by molar-refractivity contribution is -0.00230. The van der Waals surface area contributed by atoms with Crippen molar-refractivity contribution >= 4 is 11.5 Å². The Morgan fingerprint density at radius 1 is 1.77 bits per heavy atom. The van der Waals surface area contributed by atoms with Crippen LogP contribution < -0.4 is 4.74 Å². The fraction of sp³-hybridized carbons (Fsp3) is 0.625. The lowest BCUT2D eigenvalue weighted by Crippen LogP contribution is -2.49. The van der Waals surface area contributed by atoms with Crippen LogP contribution in [0.3, 0.4) is 0 Å². The van der Waals surface area contributed by atoms with Crippen molar-refractivity contribution in [3.63, 3.8) is 0 Å². The minimum absolute atomic E-state index is 0.130. The zero-order valence-corrected chi connectivity index (χ0v) is 8.25. The van der Waals surface area contributed by atoms with Crippen molar-refractivity contribution in [2.75, 3.05) is 20.2 Å². The molecule has 0 bridgehead atoms. The molecule has 1 saturated heterocycles. The van der Waals surface area contributed by atoms with Crippen LogP contribution in [0.5, 0.6) is 5.88 Å². The topological polar surface area (TPSA) is 45.6 Å². The number of aliphatic hydroxyl groups is 1. The first-order valence-corrected chi connectivity index (χ1v) is 4.95. The van der Waals surface area contributed by atoms with Gasteiger partial charge in [-0.25, -0.2) is 0 Å². The summed E-state index contributed by atoms with van der Waals surface area (Å²) in [4.78, 5) is 3.36. The molecule has 1 fully saturated rings. The van der Waals surface area contributed by atoms with Gasteiger partial charge in [0.05, 0.1) is 13.2 Å². The molecule has 5 heteroatoms. The fourth-order valence-electron chi connectivity index (χ4n) is 1.36. The van der Waals surface area contributed by atoms with E-state index in [4.69, 9.17) is 9.84 Å². The molecule has 1 aromatic heterocycles. The molecule has 0 saturated carbocycles. The Hall–Kier alpha value is -0.650. The van der Waals surface area contributed by atoms with Crippen LogP contribution in [0.25, 0.3) is 0 Å². The third-order valence-corrected chi connectivity index (χ3v) is 2.82. The van der Waals surface area contributed by atoms with Gasteiger partial charge in [0, 0.05) is 30.6 Å².